The van der Waals surface area contributed by atoms with E-state index in [-0.39, 0.29) is 0 Å². The summed E-state index contributed by atoms with van der Waals surface area (Å²) in [7, 11) is 0. The van der Waals surface area contributed by atoms with Crippen molar-refractivity contribution in [3.63, 3.8) is 0 Å². The maximum Gasteiger partial charge on any atom is 0.0191 e. The van der Waals surface area contributed by atoms with E-state index in [1.54, 1.807) is 0 Å². The minimum Gasteiger partial charge on any atom is -0.330 e. The van der Waals surface area contributed by atoms with Crippen LogP contribution in [0.1, 0.15) is 33.6 Å². The van der Waals surface area contributed by atoms with Crippen molar-refractivity contribution in [3.8, 4) is 0 Å². The van der Waals surface area contributed by atoms with Crippen molar-refractivity contribution in [3.05, 3.63) is 0 Å². The van der Waals surface area contributed by atoms with Gasteiger partial charge in [0.15, 0.2) is 0 Å². The Balaban J connectivity index is 3.52. The van der Waals surface area contributed by atoms with Crippen LogP contribution in [0.3, 0.4) is 0 Å². The second kappa shape index (κ2) is 4.54. The first kappa shape index (κ1) is 10.7. The van der Waals surface area contributed by atoms with Gasteiger partial charge in [-0.05, 0) is 25.3 Å². The highest BCUT2D eigenvalue weighted by Crippen LogP contribution is 2.29. The largest absolute Gasteiger partial charge is 0.330 e. The van der Waals surface area contributed by atoms with Crippen LogP contribution in [0.25, 0.3) is 0 Å². The fourth-order valence-electron chi connectivity index (χ4n) is 0.767. The molecule has 0 aliphatic rings. The zero-order valence-corrected chi connectivity index (χ0v) is 9.31. The van der Waals surface area contributed by atoms with E-state index >= 15 is 0 Å². The van der Waals surface area contributed by atoms with Gasteiger partial charge in [0.05, 0.1) is 0 Å². The molecule has 1 nitrogen and oxygen atoms in total. The quantitative estimate of drug-likeness (QED) is 0.606. The van der Waals surface area contributed by atoms with Crippen molar-refractivity contribution < 1.29 is 0 Å². The zero-order chi connectivity index (χ0) is 8.20. The maximum atomic E-state index is 5.42. The van der Waals surface area contributed by atoms with E-state index in [9.17, 15) is 0 Å². The Hall–Kier alpha value is 0.690. The molecule has 0 saturated heterocycles. The Bertz CT molecular complexity index is 85.7. The van der Waals surface area contributed by atoms with Crippen LogP contribution in [0.15, 0.2) is 0 Å². The van der Waals surface area contributed by atoms with Gasteiger partial charge in [0, 0.05) is 3.42 Å². The fraction of sp³-hybridized carbons (Fsp3) is 1.00. The summed E-state index contributed by atoms with van der Waals surface area (Å²) in [6.45, 7) is 7.67. The molecule has 2 N–H and O–H groups in total. The highest BCUT2D eigenvalue weighted by molar-refractivity contribution is 14.1. The second-order valence-corrected chi connectivity index (χ2v) is 6.18. The first-order chi connectivity index (χ1) is 4.48. The summed E-state index contributed by atoms with van der Waals surface area (Å²) < 4.78 is 0.424. The van der Waals surface area contributed by atoms with E-state index in [0.29, 0.717) is 3.42 Å². The highest BCUT2D eigenvalue weighted by Gasteiger charge is 2.20. The fourth-order valence-corrected chi connectivity index (χ4v) is 1.08. The monoisotopic (exact) mass is 255 g/mol. The van der Waals surface area contributed by atoms with Crippen molar-refractivity contribution in [2.45, 2.75) is 37.0 Å². The van der Waals surface area contributed by atoms with E-state index < -0.39 is 0 Å². The normalized spacial score (nSPS) is 15.3. The Kier molecular flexibility index (Phi) is 4.86. The van der Waals surface area contributed by atoms with Crippen LogP contribution in [0.4, 0.5) is 0 Å². The lowest BCUT2D eigenvalue weighted by Gasteiger charge is -2.24. The Morgan fingerprint density at radius 3 is 2.30 bits per heavy atom. The molecular weight excluding hydrogens is 237 g/mol. The van der Waals surface area contributed by atoms with Gasteiger partial charge in [-0.15, -0.1) is 0 Å². The third kappa shape index (κ3) is 4.50. The molecule has 0 bridgehead atoms. The lowest BCUT2D eigenvalue weighted by Crippen LogP contribution is -2.21. The molecule has 1 unspecified atom stereocenters. The lowest BCUT2D eigenvalue weighted by molar-refractivity contribution is 0.438. The lowest BCUT2D eigenvalue weighted by atomic mass is 9.93. The molecule has 0 aromatic carbocycles. The molecule has 1 atom stereocenters. The van der Waals surface area contributed by atoms with Crippen molar-refractivity contribution >= 4 is 22.6 Å². The van der Waals surface area contributed by atoms with Gasteiger partial charge < -0.3 is 5.73 Å². The topological polar surface area (TPSA) is 26.0 Å². The second-order valence-electron chi connectivity index (χ2n) is 3.40. The van der Waals surface area contributed by atoms with Gasteiger partial charge in [-0.25, -0.2) is 0 Å². The Morgan fingerprint density at radius 2 is 2.00 bits per heavy atom. The minimum atomic E-state index is 0.424. The molecule has 0 aromatic heterocycles. The molecule has 0 saturated carbocycles. The number of nitrogens with two attached hydrogens (primary N) is 1. The molecule has 62 valence electrons. The van der Waals surface area contributed by atoms with Crippen molar-refractivity contribution in [1.29, 1.82) is 0 Å². The predicted octanol–water partition coefficient (Wildman–Crippen LogP) is 2.58. The van der Waals surface area contributed by atoms with Gasteiger partial charge in [0.25, 0.3) is 0 Å². The van der Waals surface area contributed by atoms with Crippen molar-refractivity contribution in [2.24, 2.45) is 11.7 Å². The molecule has 0 amide bonds. The van der Waals surface area contributed by atoms with Crippen LogP contribution in [0, 0.1) is 5.92 Å². The third-order valence-electron chi connectivity index (χ3n) is 2.01. The number of halogens is 1. The third-order valence-corrected chi connectivity index (χ3v) is 3.08. The van der Waals surface area contributed by atoms with Gasteiger partial charge in [-0.2, -0.15) is 0 Å². The molecule has 0 aliphatic carbocycles. The molecular formula is C8H18IN. The van der Waals surface area contributed by atoms with Crippen LogP contribution in [0.5, 0.6) is 0 Å². The summed E-state index contributed by atoms with van der Waals surface area (Å²) in [4.78, 5) is 0. The van der Waals surface area contributed by atoms with E-state index in [4.69, 9.17) is 5.73 Å². The van der Waals surface area contributed by atoms with Crippen molar-refractivity contribution in [2.75, 3.05) is 6.54 Å². The molecule has 0 spiro atoms. The summed E-state index contributed by atoms with van der Waals surface area (Å²) in [5.74, 6) is 0.775. The molecule has 0 aliphatic heterocycles. The molecule has 0 rings (SSSR count). The van der Waals surface area contributed by atoms with Gasteiger partial charge in [-0.3, -0.25) is 0 Å². The smallest absolute Gasteiger partial charge is 0.0191 e. The SMILES string of the molecule is CC(CCCN)C(C)(C)I. The average Bonchev–Trinajstić information content (AvgIpc) is 1.80. The number of rotatable bonds is 4. The van der Waals surface area contributed by atoms with E-state index in [1.807, 2.05) is 0 Å². The average molecular weight is 255 g/mol. The predicted molar refractivity (Wildman–Crippen MR) is 55.6 cm³/mol. The molecule has 0 fully saturated rings. The summed E-state index contributed by atoms with van der Waals surface area (Å²) in [5, 5.41) is 0. The van der Waals surface area contributed by atoms with Gasteiger partial charge in [0.1, 0.15) is 0 Å². The minimum absolute atomic E-state index is 0.424. The summed E-state index contributed by atoms with van der Waals surface area (Å²) in [5.41, 5.74) is 5.42. The first-order valence-electron chi connectivity index (χ1n) is 3.87. The van der Waals surface area contributed by atoms with Gasteiger partial charge in [-0.1, -0.05) is 43.4 Å². The number of hydrogen-bond acceptors (Lipinski definition) is 1. The first-order valence-corrected chi connectivity index (χ1v) is 4.95. The summed E-state index contributed by atoms with van der Waals surface area (Å²) >= 11 is 2.50. The molecule has 0 radical (unpaired) electrons. The number of alkyl halides is 1. The summed E-state index contributed by atoms with van der Waals surface area (Å²) in [6.07, 6.45) is 2.42. The highest BCUT2D eigenvalue weighted by atomic mass is 127. The molecule has 10 heavy (non-hydrogen) atoms. The zero-order valence-electron chi connectivity index (χ0n) is 7.15. The van der Waals surface area contributed by atoms with E-state index in [1.165, 1.54) is 6.42 Å². The van der Waals surface area contributed by atoms with Crippen LogP contribution in [-0.2, 0) is 0 Å². The Labute approximate surface area is 77.9 Å². The molecule has 0 heterocycles. The van der Waals surface area contributed by atoms with E-state index in [2.05, 4.69) is 43.4 Å². The van der Waals surface area contributed by atoms with E-state index in [0.717, 1.165) is 18.9 Å². The standard InChI is InChI=1S/C8H18IN/c1-7(5-4-6-10)8(2,3)9/h7H,4-6,10H2,1-3H3. The number of hydrogen-bond donors (Lipinski definition) is 1. The van der Waals surface area contributed by atoms with Crippen LogP contribution in [0.2, 0.25) is 0 Å². The van der Waals surface area contributed by atoms with Crippen LogP contribution < -0.4 is 5.73 Å². The molecule has 2 heteroatoms. The Morgan fingerprint density at radius 1 is 1.50 bits per heavy atom. The maximum absolute atomic E-state index is 5.42. The van der Waals surface area contributed by atoms with Gasteiger partial charge in [0.2, 0.25) is 0 Å². The van der Waals surface area contributed by atoms with Crippen molar-refractivity contribution in [1.82, 2.24) is 0 Å². The van der Waals surface area contributed by atoms with Crippen LogP contribution >= 0.6 is 22.6 Å². The summed E-state index contributed by atoms with van der Waals surface area (Å²) in [6, 6.07) is 0. The van der Waals surface area contributed by atoms with Crippen LogP contribution in [-0.4, -0.2) is 9.97 Å². The van der Waals surface area contributed by atoms with Gasteiger partial charge >= 0.3 is 0 Å². The molecule has 0 aromatic rings.